The van der Waals surface area contributed by atoms with E-state index in [1.54, 1.807) is 0 Å². The van der Waals surface area contributed by atoms with Crippen LogP contribution >= 0.6 is 15.9 Å². The molecule has 0 radical (unpaired) electrons. The zero-order valence-electron chi connectivity index (χ0n) is 9.44. The largest absolute Gasteiger partial charge is 0.307 e. The van der Waals surface area contributed by atoms with Gasteiger partial charge in [0.1, 0.15) is 0 Å². The zero-order chi connectivity index (χ0) is 10.9. The van der Waals surface area contributed by atoms with Gasteiger partial charge in [0.25, 0.3) is 0 Å². The molecule has 0 heterocycles. The van der Waals surface area contributed by atoms with Crippen LogP contribution in [0.15, 0.2) is 22.7 Å². The van der Waals surface area contributed by atoms with E-state index in [2.05, 4.69) is 53.3 Å². The molecular weight excluding hydrogens is 250 g/mol. The maximum absolute atomic E-state index is 3.64. The second kappa shape index (κ2) is 4.26. The van der Waals surface area contributed by atoms with Crippen LogP contribution < -0.4 is 5.32 Å². The summed E-state index contributed by atoms with van der Waals surface area (Å²) in [5.41, 5.74) is 3.06. The number of nitrogens with one attached hydrogen (secondary N) is 1. The van der Waals surface area contributed by atoms with Crippen LogP contribution in [0.25, 0.3) is 0 Å². The maximum Gasteiger partial charge on any atom is 0.0210 e. The molecule has 1 N–H and O–H groups in total. The number of halogens is 1. The van der Waals surface area contributed by atoms with Crippen LogP contribution in [0.4, 0.5) is 0 Å². The van der Waals surface area contributed by atoms with Crippen molar-refractivity contribution in [1.82, 2.24) is 5.32 Å². The van der Waals surface area contributed by atoms with E-state index in [9.17, 15) is 0 Å². The fraction of sp³-hybridized carbons (Fsp3) is 0.538. The third-order valence-electron chi connectivity index (χ3n) is 3.41. The molecule has 0 spiro atoms. The monoisotopic (exact) mass is 267 g/mol. The van der Waals surface area contributed by atoms with Crippen LogP contribution in [0.5, 0.6) is 0 Å². The molecule has 2 heteroatoms. The van der Waals surface area contributed by atoms with Crippen molar-refractivity contribution in [2.75, 3.05) is 0 Å². The SMILES string of the molecule is Cc1ccc(CNC2(C)CCC2)cc1Br. The summed E-state index contributed by atoms with van der Waals surface area (Å²) in [5.74, 6) is 0. The Morgan fingerprint density at radius 2 is 2.13 bits per heavy atom. The van der Waals surface area contributed by atoms with Gasteiger partial charge in [-0.15, -0.1) is 0 Å². The molecule has 2 rings (SSSR count). The van der Waals surface area contributed by atoms with Crippen molar-refractivity contribution in [3.63, 3.8) is 0 Å². The molecule has 1 nitrogen and oxygen atoms in total. The van der Waals surface area contributed by atoms with Crippen molar-refractivity contribution >= 4 is 15.9 Å². The van der Waals surface area contributed by atoms with E-state index in [-0.39, 0.29) is 0 Å². The lowest BCUT2D eigenvalue weighted by Crippen LogP contribution is -2.47. The molecule has 1 saturated carbocycles. The second-order valence-corrected chi connectivity index (χ2v) is 5.71. The minimum absolute atomic E-state index is 0.400. The summed E-state index contributed by atoms with van der Waals surface area (Å²) >= 11 is 3.57. The highest BCUT2D eigenvalue weighted by molar-refractivity contribution is 9.10. The Morgan fingerprint density at radius 3 is 2.67 bits per heavy atom. The first kappa shape index (κ1) is 11.2. The van der Waals surface area contributed by atoms with E-state index in [1.165, 1.54) is 34.9 Å². The van der Waals surface area contributed by atoms with E-state index in [0.29, 0.717) is 5.54 Å². The molecule has 0 aliphatic heterocycles. The van der Waals surface area contributed by atoms with Gasteiger partial charge >= 0.3 is 0 Å². The lowest BCUT2D eigenvalue weighted by atomic mass is 9.78. The maximum atomic E-state index is 3.64. The Labute approximate surface area is 100 Å². The molecule has 0 aromatic heterocycles. The lowest BCUT2D eigenvalue weighted by molar-refractivity contribution is 0.207. The Morgan fingerprint density at radius 1 is 1.40 bits per heavy atom. The molecule has 1 aliphatic carbocycles. The topological polar surface area (TPSA) is 12.0 Å². The van der Waals surface area contributed by atoms with Gasteiger partial charge in [0.05, 0.1) is 0 Å². The Bertz CT molecular complexity index is 356. The summed E-state index contributed by atoms with van der Waals surface area (Å²) < 4.78 is 1.21. The minimum atomic E-state index is 0.400. The van der Waals surface area contributed by atoms with Crippen LogP contribution in [0.1, 0.15) is 37.3 Å². The van der Waals surface area contributed by atoms with Crippen molar-refractivity contribution in [2.24, 2.45) is 0 Å². The zero-order valence-corrected chi connectivity index (χ0v) is 11.0. The number of hydrogen-bond donors (Lipinski definition) is 1. The Hall–Kier alpha value is -0.340. The minimum Gasteiger partial charge on any atom is -0.307 e. The molecule has 1 fully saturated rings. The van der Waals surface area contributed by atoms with E-state index in [1.807, 2.05) is 0 Å². The average Bonchev–Trinajstić information content (AvgIpc) is 2.17. The Kier molecular flexibility index (Phi) is 3.17. The third kappa shape index (κ3) is 2.61. The van der Waals surface area contributed by atoms with Crippen molar-refractivity contribution < 1.29 is 0 Å². The van der Waals surface area contributed by atoms with Gasteiger partial charge in [-0.25, -0.2) is 0 Å². The number of hydrogen-bond acceptors (Lipinski definition) is 1. The molecule has 0 amide bonds. The highest BCUT2D eigenvalue weighted by atomic mass is 79.9. The molecule has 1 aromatic carbocycles. The quantitative estimate of drug-likeness (QED) is 0.879. The fourth-order valence-corrected chi connectivity index (χ4v) is 2.37. The van der Waals surface area contributed by atoms with Gasteiger partial charge in [0, 0.05) is 16.6 Å². The standard InChI is InChI=1S/C13H18BrN/c1-10-4-5-11(8-12(10)14)9-15-13(2)6-3-7-13/h4-5,8,15H,3,6-7,9H2,1-2H3. The van der Waals surface area contributed by atoms with Crippen molar-refractivity contribution in [3.05, 3.63) is 33.8 Å². The molecule has 82 valence electrons. The van der Waals surface area contributed by atoms with Crippen LogP contribution in [0.2, 0.25) is 0 Å². The number of aryl methyl sites for hydroxylation is 1. The first-order chi connectivity index (χ1) is 7.09. The predicted molar refractivity (Wildman–Crippen MR) is 68.0 cm³/mol. The highest BCUT2D eigenvalue weighted by Crippen LogP contribution is 2.31. The fourth-order valence-electron chi connectivity index (χ4n) is 1.95. The summed E-state index contributed by atoms with van der Waals surface area (Å²) in [5, 5.41) is 3.64. The summed E-state index contributed by atoms with van der Waals surface area (Å²) in [6, 6.07) is 6.59. The average molecular weight is 268 g/mol. The predicted octanol–water partition coefficient (Wildman–Crippen LogP) is 3.79. The molecule has 1 aromatic rings. The lowest BCUT2D eigenvalue weighted by Gasteiger charge is -2.39. The second-order valence-electron chi connectivity index (χ2n) is 4.85. The van der Waals surface area contributed by atoms with Gasteiger partial charge in [-0.3, -0.25) is 0 Å². The van der Waals surface area contributed by atoms with E-state index in [4.69, 9.17) is 0 Å². The van der Waals surface area contributed by atoms with Gasteiger partial charge < -0.3 is 5.32 Å². The number of rotatable bonds is 3. The van der Waals surface area contributed by atoms with Gasteiger partial charge in [-0.05, 0) is 50.3 Å². The highest BCUT2D eigenvalue weighted by Gasteiger charge is 2.30. The van der Waals surface area contributed by atoms with Crippen LogP contribution in [0.3, 0.4) is 0 Å². The van der Waals surface area contributed by atoms with Gasteiger partial charge in [-0.2, -0.15) is 0 Å². The normalized spacial score (nSPS) is 18.6. The van der Waals surface area contributed by atoms with E-state index < -0.39 is 0 Å². The van der Waals surface area contributed by atoms with Crippen LogP contribution in [-0.2, 0) is 6.54 Å². The first-order valence-corrected chi connectivity index (χ1v) is 6.38. The molecule has 0 bridgehead atoms. The van der Waals surface area contributed by atoms with Gasteiger partial charge in [0.2, 0.25) is 0 Å². The first-order valence-electron chi connectivity index (χ1n) is 5.59. The van der Waals surface area contributed by atoms with Crippen molar-refractivity contribution in [3.8, 4) is 0 Å². The number of benzene rings is 1. The van der Waals surface area contributed by atoms with Crippen LogP contribution in [-0.4, -0.2) is 5.54 Å². The van der Waals surface area contributed by atoms with Crippen LogP contribution in [0, 0.1) is 6.92 Å². The third-order valence-corrected chi connectivity index (χ3v) is 4.27. The molecule has 0 unspecified atom stereocenters. The molecular formula is C13H18BrN. The van der Waals surface area contributed by atoms with E-state index in [0.717, 1.165) is 6.54 Å². The van der Waals surface area contributed by atoms with Gasteiger partial charge in [0.15, 0.2) is 0 Å². The summed E-state index contributed by atoms with van der Waals surface area (Å²) in [7, 11) is 0. The molecule has 0 atom stereocenters. The summed E-state index contributed by atoms with van der Waals surface area (Å²) in [4.78, 5) is 0. The van der Waals surface area contributed by atoms with E-state index >= 15 is 0 Å². The molecule has 0 saturated heterocycles. The van der Waals surface area contributed by atoms with Gasteiger partial charge in [-0.1, -0.05) is 28.1 Å². The summed E-state index contributed by atoms with van der Waals surface area (Å²) in [6.45, 7) is 5.42. The summed E-state index contributed by atoms with van der Waals surface area (Å²) in [6.07, 6.45) is 4.02. The van der Waals surface area contributed by atoms with Crippen molar-refractivity contribution in [1.29, 1.82) is 0 Å². The van der Waals surface area contributed by atoms with Crippen molar-refractivity contribution in [2.45, 2.75) is 45.2 Å². The molecule has 15 heavy (non-hydrogen) atoms. The smallest absolute Gasteiger partial charge is 0.0210 e. The molecule has 1 aliphatic rings. The Balaban J connectivity index is 1.96.